The van der Waals surface area contributed by atoms with Crippen LogP contribution in [0, 0.1) is 13.8 Å². The van der Waals surface area contributed by atoms with Crippen molar-refractivity contribution in [3.05, 3.63) is 59.3 Å². The molecule has 3 aromatic rings. The molecule has 0 atom stereocenters. The van der Waals surface area contributed by atoms with Crippen LogP contribution in [0.2, 0.25) is 0 Å². The average molecular weight is 348 g/mol. The van der Waals surface area contributed by atoms with Crippen LogP contribution in [0.5, 0.6) is 11.5 Å². The highest BCUT2D eigenvalue weighted by atomic mass is 16.5. The van der Waals surface area contributed by atoms with Crippen LogP contribution in [0.4, 0.5) is 5.69 Å². The summed E-state index contributed by atoms with van der Waals surface area (Å²) in [5.41, 5.74) is 4.01. The number of hydrogen-bond acceptors (Lipinski definition) is 4. The van der Waals surface area contributed by atoms with Crippen LogP contribution in [0.25, 0.3) is 10.9 Å². The number of ether oxygens (including phenoxy) is 2. The molecule has 0 unspecified atom stereocenters. The Labute approximate surface area is 152 Å². The van der Waals surface area contributed by atoms with Gasteiger partial charge in [-0.1, -0.05) is 11.6 Å². The molecular weight excluding hydrogens is 328 g/mol. The largest absolute Gasteiger partial charge is 0.490 e. The molecule has 5 nitrogen and oxygen atoms in total. The Hall–Kier alpha value is -3.08. The van der Waals surface area contributed by atoms with Crippen LogP contribution in [0.3, 0.4) is 0 Å². The zero-order valence-electron chi connectivity index (χ0n) is 14.8. The number of hydrogen-bond donors (Lipinski definition) is 1. The number of benzene rings is 2. The molecule has 1 amide bonds. The van der Waals surface area contributed by atoms with Gasteiger partial charge in [0, 0.05) is 29.3 Å². The Morgan fingerprint density at radius 2 is 1.81 bits per heavy atom. The van der Waals surface area contributed by atoms with Crippen LogP contribution in [-0.4, -0.2) is 24.1 Å². The minimum atomic E-state index is -0.166. The summed E-state index contributed by atoms with van der Waals surface area (Å²) in [6, 6.07) is 13.2. The van der Waals surface area contributed by atoms with Gasteiger partial charge in [-0.25, -0.2) is 0 Å². The summed E-state index contributed by atoms with van der Waals surface area (Å²) >= 11 is 0. The normalized spacial score (nSPS) is 13.3. The second-order valence-electron chi connectivity index (χ2n) is 6.50. The summed E-state index contributed by atoms with van der Waals surface area (Å²) in [5.74, 6) is 1.20. The van der Waals surface area contributed by atoms with Crippen LogP contribution >= 0.6 is 0 Å². The van der Waals surface area contributed by atoms with E-state index in [0.29, 0.717) is 36.0 Å². The van der Waals surface area contributed by atoms with Crippen molar-refractivity contribution in [1.82, 2.24) is 4.98 Å². The summed E-state index contributed by atoms with van der Waals surface area (Å²) in [7, 11) is 0. The van der Waals surface area contributed by atoms with Gasteiger partial charge in [0.2, 0.25) is 0 Å². The number of anilines is 1. The topological polar surface area (TPSA) is 60.5 Å². The molecule has 0 saturated carbocycles. The third kappa shape index (κ3) is 3.20. The van der Waals surface area contributed by atoms with E-state index < -0.39 is 0 Å². The van der Waals surface area contributed by atoms with E-state index in [0.717, 1.165) is 28.6 Å². The summed E-state index contributed by atoms with van der Waals surface area (Å²) in [4.78, 5) is 17.4. The Kier molecular flexibility index (Phi) is 4.21. The number of amides is 1. The van der Waals surface area contributed by atoms with E-state index in [2.05, 4.69) is 10.3 Å². The zero-order chi connectivity index (χ0) is 18.1. The lowest BCUT2D eigenvalue weighted by Crippen LogP contribution is -2.13. The molecule has 0 saturated heterocycles. The highest BCUT2D eigenvalue weighted by Crippen LogP contribution is 2.32. The second kappa shape index (κ2) is 6.67. The maximum atomic E-state index is 12.9. The molecule has 1 aromatic heterocycles. The van der Waals surface area contributed by atoms with Crippen molar-refractivity contribution in [2.75, 3.05) is 18.5 Å². The first-order chi connectivity index (χ1) is 12.6. The SMILES string of the molecule is Cc1ccc2nc(C)cc(C(=O)Nc3ccc4c(c3)OCCCO4)c2c1. The first-order valence-electron chi connectivity index (χ1n) is 8.69. The summed E-state index contributed by atoms with van der Waals surface area (Å²) < 4.78 is 11.3. The predicted molar refractivity (Wildman–Crippen MR) is 101 cm³/mol. The molecule has 4 rings (SSSR count). The molecule has 1 aliphatic heterocycles. The first kappa shape index (κ1) is 16.4. The van der Waals surface area contributed by atoms with Gasteiger partial charge in [-0.15, -0.1) is 0 Å². The van der Waals surface area contributed by atoms with Gasteiger partial charge in [0.05, 0.1) is 24.3 Å². The fourth-order valence-corrected chi connectivity index (χ4v) is 3.10. The fraction of sp³-hybridized carbons (Fsp3) is 0.238. The lowest BCUT2D eigenvalue weighted by Gasteiger charge is -2.12. The monoisotopic (exact) mass is 348 g/mol. The second-order valence-corrected chi connectivity index (χ2v) is 6.50. The molecule has 0 spiro atoms. The third-order valence-corrected chi connectivity index (χ3v) is 4.34. The number of nitrogens with one attached hydrogen (secondary N) is 1. The van der Waals surface area contributed by atoms with Crippen molar-refractivity contribution < 1.29 is 14.3 Å². The van der Waals surface area contributed by atoms with Crippen molar-refractivity contribution in [1.29, 1.82) is 0 Å². The van der Waals surface area contributed by atoms with Crippen molar-refractivity contribution >= 4 is 22.5 Å². The van der Waals surface area contributed by atoms with Crippen LogP contribution in [0.15, 0.2) is 42.5 Å². The molecule has 1 aliphatic rings. The minimum absolute atomic E-state index is 0.166. The van der Waals surface area contributed by atoms with Crippen LogP contribution in [0.1, 0.15) is 28.0 Å². The van der Waals surface area contributed by atoms with Gasteiger partial charge in [-0.2, -0.15) is 0 Å². The van der Waals surface area contributed by atoms with E-state index >= 15 is 0 Å². The Bertz CT molecular complexity index is 998. The minimum Gasteiger partial charge on any atom is -0.490 e. The van der Waals surface area contributed by atoms with Crippen molar-refractivity contribution in [3.8, 4) is 11.5 Å². The van der Waals surface area contributed by atoms with Crippen molar-refractivity contribution in [3.63, 3.8) is 0 Å². The predicted octanol–water partition coefficient (Wildman–Crippen LogP) is 4.27. The summed E-state index contributed by atoms with van der Waals surface area (Å²) in [6.07, 6.45) is 0.845. The third-order valence-electron chi connectivity index (χ3n) is 4.34. The quantitative estimate of drug-likeness (QED) is 0.751. The molecule has 1 N–H and O–H groups in total. The maximum absolute atomic E-state index is 12.9. The number of rotatable bonds is 2. The molecule has 2 aromatic carbocycles. The lowest BCUT2D eigenvalue weighted by molar-refractivity contribution is 0.102. The van der Waals surface area contributed by atoms with Crippen molar-refractivity contribution in [2.45, 2.75) is 20.3 Å². The number of aromatic nitrogens is 1. The Morgan fingerprint density at radius 3 is 2.65 bits per heavy atom. The van der Waals surface area contributed by atoms with Gasteiger partial charge < -0.3 is 14.8 Å². The molecule has 2 heterocycles. The van der Waals surface area contributed by atoms with E-state index in [-0.39, 0.29) is 5.91 Å². The highest BCUT2D eigenvalue weighted by molar-refractivity contribution is 6.12. The number of carbonyl (C=O) groups excluding carboxylic acids is 1. The van der Waals surface area contributed by atoms with Gasteiger partial charge in [0.15, 0.2) is 11.5 Å². The van der Waals surface area contributed by atoms with Crippen LogP contribution < -0.4 is 14.8 Å². The number of pyridine rings is 1. The van der Waals surface area contributed by atoms with E-state index in [1.54, 1.807) is 6.07 Å². The molecule has 132 valence electrons. The average Bonchev–Trinajstić information content (AvgIpc) is 2.86. The molecule has 5 heteroatoms. The van der Waals surface area contributed by atoms with Gasteiger partial charge in [-0.05, 0) is 44.2 Å². The number of nitrogens with zero attached hydrogens (tertiary/aromatic N) is 1. The Morgan fingerprint density at radius 1 is 1.00 bits per heavy atom. The fourth-order valence-electron chi connectivity index (χ4n) is 3.10. The first-order valence-corrected chi connectivity index (χ1v) is 8.69. The number of aryl methyl sites for hydroxylation is 2. The van der Waals surface area contributed by atoms with Gasteiger partial charge in [0.1, 0.15) is 0 Å². The molecule has 0 bridgehead atoms. The van der Waals surface area contributed by atoms with Gasteiger partial charge in [0.25, 0.3) is 5.91 Å². The molecule has 0 fully saturated rings. The number of carbonyl (C=O) groups is 1. The van der Waals surface area contributed by atoms with Crippen molar-refractivity contribution in [2.24, 2.45) is 0 Å². The number of fused-ring (bicyclic) bond motifs is 2. The van der Waals surface area contributed by atoms with E-state index in [9.17, 15) is 4.79 Å². The molecule has 26 heavy (non-hydrogen) atoms. The van der Waals surface area contributed by atoms with Gasteiger partial charge in [-0.3, -0.25) is 9.78 Å². The van der Waals surface area contributed by atoms with Crippen LogP contribution in [-0.2, 0) is 0 Å². The lowest BCUT2D eigenvalue weighted by atomic mass is 10.0. The smallest absolute Gasteiger partial charge is 0.256 e. The molecular formula is C21H20N2O3. The van der Waals surface area contributed by atoms with Gasteiger partial charge >= 0.3 is 0 Å². The molecule has 0 aliphatic carbocycles. The van der Waals surface area contributed by atoms with E-state index in [1.807, 2.05) is 50.2 Å². The summed E-state index contributed by atoms with van der Waals surface area (Å²) in [5, 5.41) is 3.81. The zero-order valence-corrected chi connectivity index (χ0v) is 14.8. The Balaban J connectivity index is 1.68. The van der Waals surface area contributed by atoms with E-state index in [4.69, 9.17) is 9.47 Å². The molecule has 0 radical (unpaired) electrons. The highest BCUT2D eigenvalue weighted by Gasteiger charge is 2.15. The standard InChI is InChI=1S/C21H20N2O3/c1-13-4-6-18-16(10-13)17(11-14(2)22-18)21(24)23-15-5-7-19-20(12-15)26-9-3-8-25-19/h4-7,10-12H,3,8-9H2,1-2H3,(H,23,24). The maximum Gasteiger partial charge on any atom is 0.256 e. The van der Waals surface area contributed by atoms with E-state index in [1.165, 1.54) is 0 Å². The summed E-state index contributed by atoms with van der Waals surface area (Å²) in [6.45, 7) is 5.15.